The van der Waals surface area contributed by atoms with Crippen LogP contribution in [0, 0.1) is 6.92 Å². The highest BCUT2D eigenvalue weighted by molar-refractivity contribution is 14.1. The Kier molecular flexibility index (Phi) is 4.20. The molecule has 1 N–H and O–H groups in total. The van der Waals surface area contributed by atoms with Crippen LogP contribution in [0.25, 0.3) is 0 Å². The third-order valence-corrected chi connectivity index (χ3v) is 2.35. The summed E-state index contributed by atoms with van der Waals surface area (Å²) >= 11 is 2.27. The second-order valence-electron chi connectivity index (χ2n) is 2.59. The molecule has 0 saturated carbocycles. The number of carbonyl (C=O) groups excluding carboxylic acids is 1. The zero-order valence-corrected chi connectivity index (χ0v) is 9.50. The zero-order valence-electron chi connectivity index (χ0n) is 7.34. The minimum absolute atomic E-state index is 0.108. The molecule has 0 bridgehead atoms. The Labute approximate surface area is 90.2 Å². The number of hydrogen-bond donors (Lipinski definition) is 1. The molecule has 0 fully saturated rings. The van der Waals surface area contributed by atoms with Gasteiger partial charge in [0.1, 0.15) is 11.3 Å². The lowest BCUT2D eigenvalue weighted by Gasteiger charge is -2.00. The first-order valence-corrected chi connectivity index (χ1v) is 5.53. The normalized spacial score (nSPS) is 10.0. The van der Waals surface area contributed by atoms with Crippen LogP contribution in [0.3, 0.4) is 0 Å². The molecule has 0 radical (unpaired) electrons. The van der Waals surface area contributed by atoms with Crippen molar-refractivity contribution >= 4 is 28.5 Å². The lowest BCUT2D eigenvalue weighted by molar-refractivity contribution is 0.0952. The zero-order chi connectivity index (χ0) is 9.68. The molecular formula is C8H11IN2O2. The smallest absolute Gasteiger partial charge is 0.256 e. The van der Waals surface area contributed by atoms with Crippen molar-refractivity contribution in [2.75, 3.05) is 11.0 Å². The lowest BCUT2D eigenvalue weighted by Crippen LogP contribution is -2.24. The molecule has 0 aromatic carbocycles. The van der Waals surface area contributed by atoms with E-state index >= 15 is 0 Å². The SMILES string of the molecule is Cc1oncc1C(=O)NCCCI. The van der Waals surface area contributed by atoms with Gasteiger partial charge in [0.2, 0.25) is 0 Å². The van der Waals surface area contributed by atoms with Gasteiger partial charge < -0.3 is 9.84 Å². The van der Waals surface area contributed by atoms with Gasteiger partial charge in [-0.25, -0.2) is 0 Å². The topological polar surface area (TPSA) is 55.1 Å². The van der Waals surface area contributed by atoms with E-state index in [1.165, 1.54) is 6.20 Å². The van der Waals surface area contributed by atoms with Crippen LogP contribution in [0.2, 0.25) is 0 Å². The van der Waals surface area contributed by atoms with E-state index in [1.54, 1.807) is 6.92 Å². The molecule has 0 aliphatic carbocycles. The maximum absolute atomic E-state index is 11.4. The Bertz CT molecular complexity index is 285. The second kappa shape index (κ2) is 5.21. The number of aromatic nitrogens is 1. The van der Waals surface area contributed by atoms with Gasteiger partial charge in [-0.1, -0.05) is 27.7 Å². The first-order chi connectivity index (χ1) is 6.25. The quantitative estimate of drug-likeness (QED) is 0.520. The third kappa shape index (κ3) is 2.98. The Hall–Kier alpha value is -0.590. The molecule has 4 nitrogen and oxygen atoms in total. The van der Waals surface area contributed by atoms with Gasteiger partial charge in [0.15, 0.2) is 0 Å². The number of aryl methyl sites for hydroxylation is 1. The van der Waals surface area contributed by atoms with Crippen LogP contribution in [0.15, 0.2) is 10.7 Å². The number of rotatable bonds is 4. The summed E-state index contributed by atoms with van der Waals surface area (Å²) in [5, 5.41) is 6.32. The van der Waals surface area contributed by atoms with Crippen molar-refractivity contribution < 1.29 is 9.32 Å². The van der Waals surface area contributed by atoms with Gasteiger partial charge in [-0.05, 0) is 13.3 Å². The van der Waals surface area contributed by atoms with E-state index in [0.717, 1.165) is 10.8 Å². The molecule has 0 saturated heterocycles. The Morgan fingerprint density at radius 2 is 2.54 bits per heavy atom. The Morgan fingerprint density at radius 1 is 1.77 bits per heavy atom. The molecule has 1 heterocycles. The molecular weight excluding hydrogens is 283 g/mol. The molecule has 1 aromatic rings. The van der Waals surface area contributed by atoms with Crippen molar-refractivity contribution in [1.29, 1.82) is 0 Å². The highest BCUT2D eigenvalue weighted by atomic mass is 127. The Morgan fingerprint density at radius 3 is 3.08 bits per heavy atom. The van der Waals surface area contributed by atoms with E-state index in [1.807, 2.05) is 0 Å². The maximum atomic E-state index is 11.4. The van der Waals surface area contributed by atoms with Crippen molar-refractivity contribution in [2.45, 2.75) is 13.3 Å². The summed E-state index contributed by atoms with van der Waals surface area (Å²) in [4.78, 5) is 11.4. The Balaban J connectivity index is 2.45. The average Bonchev–Trinajstić information content (AvgIpc) is 2.52. The van der Waals surface area contributed by atoms with E-state index in [9.17, 15) is 4.79 Å². The van der Waals surface area contributed by atoms with E-state index in [0.29, 0.717) is 17.9 Å². The van der Waals surface area contributed by atoms with E-state index < -0.39 is 0 Å². The fraction of sp³-hybridized carbons (Fsp3) is 0.500. The summed E-state index contributed by atoms with van der Waals surface area (Å²) < 4.78 is 5.82. The molecule has 1 amide bonds. The van der Waals surface area contributed by atoms with Crippen LogP contribution in [-0.4, -0.2) is 22.0 Å². The van der Waals surface area contributed by atoms with Crippen LogP contribution >= 0.6 is 22.6 Å². The van der Waals surface area contributed by atoms with Crippen molar-refractivity contribution in [3.05, 3.63) is 17.5 Å². The van der Waals surface area contributed by atoms with Crippen LogP contribution < -0.4 is 5.32 Å². The average molecular weight is 294 g/mol. The van der Waals surface area contributed by atoms with E-state index in [4.69, 9.17) is 4.52 Å². The number of nitrogens with zero attached hydrogens (tertiary/aromatic N) is 1. The summed E-state index contributed by atoms with van der Waals surface area (Å²) in [6, 6.07) is 0. The molecule has 1 rings (SSSR count). The standard InChI is InChI=1S/C8H11IN2O2/c1-6-7(5-11-13-6)8(12)10-4-2-3-9/h5H,2-4H2,1H3,(H,10,12). The minimum atomic E-state index is -0.108. The number of halogens is 1. The fourth-order valence-electron chi connectivity index (χ4n) is 0.881. The number of amides is 1. The van der Waals surface area contributed by atoms with Gasteiger partial charge in [0, 0.05) is 11.0 Å². The van der Waals surface area contributed by atoms with Gasteiger partial charge in [0.05, 0.1) is 6.20 Å². The van der Waals surface area contributed by atoms with Crippen molar-refractivity contribution in [1.82, 2.24) is 10.5 Å². The number of carbonyl (C=O) groups is 1. The second-order valence-corrected chi connectivity index (χ2v) is 3.67. The van der Waals surface area contributed by atoms with Crippen LogP contribution in [0.1, 0.15) is 22.5 Å². The van der Waals surface area contributed by atoms with Crippen molar-refractivity contribution in [3.63, 3.8) is 0 Å². The van der Waals surface area contributed by atoms with Gasteiger partial charge in [-0.15, -0.1) is 0 Å². The highest BCUT2D eigenvalue weighted by Crippen LogP contribution is 2.04. The number of hydrogen-bond acceptors (Lipinski definition) is 3. The molecule has 0 unspecified atom stereocenters. The molecule has 1 aromatic heterocycles. The predicted molar refractivity (Wildman–Crippen MR) is 57.1 cm³/mol. The highest BCUT2D eigenvalue weighted by Gasteiger charge is 2.11. The molecule has 72 valence electrons. The summed E-state index contributed by atoms with van der Waals surface area (Å²) in [6.45, 7) is 2.42. The third-order valence-electron chi connectivity index (χ3n) is 1.59. The number of alkyl halides is 1. The fourth-order valence-corrected chi connectivity index (χ4v) is 1.26. The van der Waals surface area contributed by atoms with Gasteiger partial charge in [-0.2, -0.15) is 0 Å². The van der Waals surface area contributed by atoms with Crippen LogP contribution in [0.5, 0.6) is 0 Å². The minimum Gasteiger partial charge on any atom is -0.361 e. The first kappa shape index (κ1) is 10.5. The molecule has 13 heavy (non-hydrogen) atoms. The van der Waals surface area contributed by atoms with Gasteiger partial charge in [-0.3, -0.25) is 4.79 Å². The first-order valence-electron chi connectivity index (χ1n) is 4.01. The summed E-state index contributed by atoms with van der Waals surface area (Å²) in [5.41, 5.74) is 0.522. The van der Waals surface area contributed by atoms with Gasteiger partial charge in [0.25, 0.3) is 5.91 Å². The predicted octanol–water partition coefficient (Wildman–Crippen LogP) is 1.54. The maximum Gasteiger partial charge on any atom is 0.256 e. The monoisotopic (exact) mass is 294 g/mol. The molecule has 0 aliphatic heterocycles. The van der Waals surface area contributed by atoms with E-state index in [2.05, 4.69) is 33.1 Å². The van der Waals surface area contributed by atoms with Crippen molar-refractivity contribution in [2.24, 2.45) is 0 Å². The van der Waals surface area contributed by atoms with Gasteiger partial charge >= 0.3 is 0 Å². The van der Waals surface area contributed by atoms with Crippen LogP contribution in [-0.2, 0) is 0 Å². The lowest BCUT2D eigenvalue weighted by atomic mass is 10.2. The molecule has 5 heteroatoms. The van der Waals surface area contributed by atoms with E-state index in [-0.39, 0.29) is 5.91 Å². The number of nitrogens with one attached hydrogen (secondary N) is 1. The largest absolute Gasteiger partial charge is 0.361 e. The summed E-state index contributed by atoms with van der Waals surface area (Å²) in [5.74, 6) is 0.454. The molecule has 0 aliphatic rings. The summed E-state index contributed by atoms with van der Waals surface area (Å²) in [7, 11) is 0. The molecule has 0 spiro atoms. The molecule has 0 atom stereocenters. The van der Waals surface area contributed by atoms with Crippen LogP contribution in [0.4, 0.5) is 0 Å². The van der Waals surface area contributed by atoms with Crippen molar-refractivity contribution in [3.8, 4) is 0 Å². The summed E-state index contributed by atoms with van der Waals surface area (Å²) in [6.07, 6.45) is 2.42.